The fraction of sp³-hybridized carbons (Fsp3) is 0.500. The summed E-state index contributed by atoms with van der Waals surface area (Å²) in [6, 6.07) is 0. The van der Waals surface area contributed by atoms with Gasteiger partial charge in [0.2, 0.25) is 0 Å². The lowest BCUT2D eigenvalue weighted by molar-refractivity contribution is -0.137. The highest BCUT2D eigenvalue weighted by atomic mass is 32.2. The predicted molar refractivity (Wildman–Crippen MR) is 42.5 cm³/mol. The van der Waals surface area contributed by atoms with E-state index in [2.05, 4.69) is 15.5 Å². The quantitative estimate of drug-likeness (QED) is 0.284. The van der Waals surface area contributed by atoms with E-state index in [1.807, 2.05) is 0 Å². The first-order valence-electron chi connectivity index (χ1n) is 3.20. The highest BCUT2D eigenvalue weighted by Crippen LogP contribution is 1.88. The summed E-state index contributed by atoms with van der Waals surface area (Å²) in [7, 11) is 0. The van der Waals surface area contributed by atoms with Gasteiger partial charge in [-0.3, -0.25) is 8.74 Å². The minimum Gasteiger partial charge on any atom is -0.462 e. The Balaban J connectivity index is 3.16. The van der Waals surface area contributed by atoms with E-state index < -0.39 is 17.3 Å². The fourth-order valence-electron chi connectivity index (χ4n) is 0.421. The summed E-state index contributed by atoms with van der Waals surface area (Å²) in [4.78, 5) is 10.4. The summed E-state index contributed by atoms with van der Waals surface area (Å²) >= 11 is -2.24. The van der Waals surface area contributed by atoms with Crippen molar-refractivity contribution in [3.05, 3.63) is 12.7 Å². The van der Waals surface area contributed by atoms with Crippen LogP contribution in [-0.2, 0) is 25.1 Å². The lowest BCUT2D eigenvalue weighted by Crippen LogP contribution is -2.05. The molecule has 0 aliphatic carbocycles. The molecule has 0 bridgehead atoms. The van der Waals surface area contributed by atoms with Crippen molar-refractivity contribution in [2.75, 3.05) is 13.2 Å². The van der Waals surface area contributed by atoms with Crippen LogP contribution in [0.4, 0.5) is 0 Å². The summed E-state index contributed by atoms with van der Waals surface area (Å²) in [5.41, 5.74) is 0. The second kappa shape index (κ2) is 6.96. The zero-order chi connectivity index (χ0) is 9.40. The van der Waals surface area contributed by atoms with Gasteiger partial charge in [-0.05, 0) is 0 Å². The van der Waals surface area contributed by atoms with Crippen LogP contribution < -0.4 is 0 Å². The van der Waals surface area contributed by atoms with Gasteiger partial charge in [-0.1, -0.05) is 6.58 Å². The predicted octanol–water partition coefficient (Wildman–Crippen LogP) is 0.259. The molecule has 0 aliphatic rings. The molecule has 0 saturated carbocycles. The van der Waals surface area contributed by atoms with E-state index in [1.54, 1.807) is 0 Å². The Kier molecular flexibility index (Phi) is 6.54. The molecule has 1 unspecified atom stereocenters. The molecule has 0 heterocycles. The van der Waals surface area contributed by atoms with Gasteiger partial charge in [0, 0.05) is 12.5 Å². The molecule has 0 amide bonds. The Hall–Kier alpha value is -0.720. The van der Waals surface area contributed by atoms with Crippen molar-refractivity contribution in [3.8, 4) is 0 Å². The highest BCUT2D eigenvalue weighted by Gasteiger charge is 1.96. The van der Waals surface area contributed by atoms with E-state index in [1.165, 1.54) is 0 Å². The number of ether oxygens (including phenoxy) is 1. The largest absolute Gasteiger partial charge is 0.462 e. The van der Waals surface area contributed by atoms with Gasteiger partial charge in [0.1, 0.15) is 0 Å². The Bertz CT molecular complexity index is 179. The summed E-state index contributed by atoms with van der Waals surface area (Å²) in [5, 5.41) is 0. The summed E-state index contributed by atoms with van der Waals surface area (Å²) in [6.07, 6.45) is 1.43. The van der Waals surface area contributed by atoms with E-state index >= 15 is 0 Å². The lowest BCUT2D eigenvalue weighted by atomic mass is 10.5. The van der Waals surface area contributed by atoms with Crippen LogP contribution in [0.2, 0.25) is 0 Å². The molecule has 0 rings (SSSR count). The Labute approximate surface area is 72.8 Å². The number of carbonyl (C=O) groups excluding carboxylic acids is 1. The molecule has 0 spiro atoms. The van der Waals surface area contributed by atoms with Gasteiger partial charge in [-0.15, -0.1) is 0 Å². The van der Waals surface area contributed by atoms with Crippen LogP contribution in [0.1, 0.15) is 6.42 Å². The molecule has 0 aromatic rings. The summed E-state index contributed by atoms with van der Waals surface area (Å²) in [6.45, 7) is 3.43. The third-order valence-electron chi connectivity index (χ3n) is 0.884. The standard InChI is InChI=1S/C6H10O5S/c1-2-6(7)10-4-3-5-11-12(8)9/h2H,1,3-5H2,(H,8,9). The Morgan fingerprint density at radius 2 is 2.25 bits per heavy atom. The molecule has 0 fully saturated rings. The maximum absolute atomic E-state index is 10.4. The van der Waals surface area contributed by atoms with Crippen LogP contribution >= 0.6 is 0 Å². The fourth-order valence-corrected chi connectivity index (χ4v) is 0.681. The van der Waals surface area contributed by atoms with Gasteiger partial charge >= 0.3 is 17.3 Å². The monoisotopic (exact) mass is 194 g/mol. The minimum atomic E-state index is -2.24. The van der Waals surface area contributed by atoms with Gasteiger partial charge in [0.05, 0.1) is 13.2 Å². The topological polar surface area (TPSA) is 72.8 Å². The number of rotatable bonds is 6. The SMILES string of the molecule is C=CC(=O)OCCCOS(=O)O. The molecule has 6 heteroatoms. The van der Waals surface area contributed by atoms with Crippen LogP contribution in [-0.4, -0.2) is 27.9 Å². The van der Waals surface area contributed by atoms with E-state index in [4.69, 9.17) is 4.55 Å². The Morgan fingerprint density at radius 3 is 2.75 bits per heavy atom. The molecule has 0 aromatic heterocycles. The van der Waals surface area contributed by atoms with Crippen molar-refractivity contribution in [1.29, 1.82) is 0 Å². The van der Waals surface area contributed by atoms with Gasteiger partial charge in [-0.2, -0.15) is 4.21 Å². The van der Waals surface area contributed by atoms with Gasteiger partial charge < -0.3 is 4.74 Å². The molecule has 70 valence electrons. The highest BCUT2D eigenvalue weighted by molar-refractivity contribution is 7.74. The molecule has 0 saturated heterocycles. The molecule has 0 aromatic carbocycles. The normalized spacial score (nSPS) is 12.1. The first-order chi connectivity index (χ1) is 5.66. The first kappa shape index (κ1) is 11.3. The van der Waals surface area contributed by atoms with E-state index in [0.29, 0.717) is 6.42 Å². The maximum Gasteiger partial charge on any atom is 0.330 e. The van der Waals surface area contributed by atoms with Crippen molar-refractivity contribution in [3.63, 3.8) is 0 Å². The van der Waals surface area contributed by atoms with Crippen molar-refractivity contribution in [1.82, 2.24) is 0 Å². The average Bonchev–Trinajstić information content (AvgIpc) is 2.03. The minimum absolute atomic E-state index is 0.0769. The number of esters is 1. The molecule has 5 nitrogen and oxygen atoms in total. The van der Waals surface area contributed by atoms with Crippen molar-refractivity contribution in [2.45, 2.75) is 6.42 Å². The van der Waals surface area contributed by atoms with E-state index in [0.717, 1.165) is 6.08 Å². The van der Waals surface area contributed by atoms with Gasteiger partial charge in [-0.25, -0.2) is 4.79 Å². The number of hydrogen-bond donors (Lipinski definition) is 1. The Morgan fingerprint density at radius 1 is 1.58 bits per heavy atom. The van der Waals surface area contributed by atoms with Crippen LogP contribution in [0.25, 0.3) is 0 Å². The van der Waals surface area contributed by atoms with E-state index in [9.17, 15) is 9.00 Å². The number of carbonyl (C=O) groups is 1. The second-order valence-corrected chi connectivity index (χ2v) is 2.43. The molecular formula is C6H10O5S. The van der Waals surface area contributed by atoms with Crippen LogP contribution in [0, 0.1) is 0 Å². The zero-order valence-corrected chi connectivity index (χ0v) is 7.21. The first-order valence-corrected chi connectivity index (χ1v) is 4.23. The van der Waals surface area contributed by atoms with Crippen molar-refractivity contribution < 1.29 is 22.5 Å². The third-order valence-corrected chi connectivity index (χ3v) is 1.25. The van der Waals surface area contributed by atoms with Gasteiger partial charge in [0.25, 0.3) is 0 Å². The zero-order valence-electron chi connectivity index (χ0n) is 6.39. The summed E-state index contributed by atoms with van der Waals surface area (Å²) in [5.74, 6) is -0.514. The second-order valence-electron chi connectivity index (χ2n) is 1.76. The van der Waals surface area contributed by atoms with Crippen LogP contribution in [0.3, 0.4) is 0 Å². The van der Waals surface area contributed by atoms with Crippen molar-refractivity contribution >= 4 is 17.3 Å². The molecule has 0 aliphatic heterocycles. The smallest absolute Gasteiger partial charge is 0.330 e. The molecule has 1 N–H and O–H groups in total. The van der Waals surface area contributed by atoms with E-state index in [-0.39, 0.29) is 13.2 Å². The molecule has 1 atom stereocenters. The average molecular weight is 194 g/mol. The van der Waals surface area contributed by atoms with Crippen LogP contribution in [0.15, 0.2) is 12.7 Å². The van der Waals surface area contributed by atoms with Gasteiger partial charge in [0.15, 0.2) is 0 Å². The lowest BCUT2D eigenvalue weighted by Gasteiger charge is -2.00. The number of hydrogen-bond acceptors (Lipinski definition) is 4. The van der Waals surface area contributed by atoms with Crippen LogP contribution in [0.5, 0.6) is 0 Å². The van der Waals surface area contributed by atoms with Crippen molar-refractivity contribution in [2.24, 2.45) is 0 Å². The summed E-state index contributed by atoms with van der Waals surface area (Å²) < 4.78 is 26.9. The molecule has 0 radical (unpaired) electrons. The third kappa shape index (κ3) is 7.39. The maximum atomic E-state index is 10.4. The molecular weight excluding hydrogens is 184 g/mol. The molecule has 12 heavy (non-hydrogen) atoms.